The Morgan fingerprint density at radius 3 is 1.83 bits per heavy atom. The van der Waals surface area contributed by atoms with Crippen molar-refractivity contribution < 1.29 is 69.5 Å². The van der Waals surface area contributed by atoms with Gasteiger partial charge in [0.05, 0.1) is 16.2 Å². The van der Waals surface area contributed by atoms with Crippen LogP contribution in [-0.4, -0.2) is 29.4 Å². The molecule has 4 nitrogen and oxygen atoms in total. The van der Waals surface area contributed by atoms with Gasteiger partial charge in [-0.05, 0) is 25.7 Å². The Morgan fingerprint density at radius 2 is 1.26 bits per heavy atom. The molecule has 134 valence electrons. The maximum Gasteiger partial charge on any atom is 1.00 e. The summed E-state index contributed by atoms with van der Waals surface area (Å²) in [5.74, 6) is 0. The molecule has 1 N–H and O–H groups in total. The molecule has 0 saturated carbocycles. The van der Waals surface area contributed by atoms with Gasteiger partial charge >= 0.3 is 51.4 Å². The van der Waals surface area contributed by atoms with Crippen molar-refractivity contribution in [1.29, 1.82) is 0 Å². The van der Waals surface area contributed by atoms with Gasteiger partial charge in [-0.3, -0.25) is 0 Å². The van der Waals surface area contributed by atoms with Crippen molar-refractivity contribution in [2.75, 3.05) is 0 Å². The van der Waals surface area contributed by atoms with E-state index in [1.807, 2.05) is 0 Å². The van der Waals surface area contributed by atoms with Crippen LogP contribution in [0.2, 0.25) is 0 Å². The van der Waals surface area contributed by atoms with Gasteiger partial charge in [-0.25, -0.2) is 8.42 Å². The Balaban J connectivity index is 0. The van der Waals surface area contributed by atoms with E-state index in [0.29, 0.717) is 25.7 Å². The van der Waals surface area contributed by atoms with Crippen LogP contribution in [0, 0.1) is 0 Å². The van der Waals surface area contributed by atoms with E-state index in [-0.39, 0.29) is 51.4 Å². The number of hydrogen-bond acceptors (Lipinski definition) is 4. The minimum absolute atomic E-state index is 0. The van der Waals surface area contributed by atoms with Crippen LogP contribution >= 0.6 is 0 Å². The van der Waals surface area contributed by atoms with E-state index >= 15 is 0 Å². The van der Waals surface area contributed by atoms with Crippen LogP contribution in [0.25, 0.3) is 0 Å². The van der Waals surface area contributed by atoms with Crippen LogP contribution in [0.4, 0.5) is 0 Å². The Labute approximate surface area is 186 Å². The SMILES string of the molecule is CCCCCCCCC(CCC(O)CCCCC)S(=O)(=O)[O-].[K+]. The second-order valence-corrected chi connectivity index (χ2v) is 8.05. The zero-order valence-corrected chi connectivity index (χ0v) is 19.4. The van der Waals surface area contributed by atoms with Gasteiger partial charge in [-0.1, -0.05) is 71.6 Å². The molecule has 0 amide bonds. The van der Waals surface area contributed by atoms with E-state index in [2.05, 4.69) is 13.8 Å². The van der Waals surface area contributed by atoms with E-state index in [1.165, 1.54) is 19.3 Å². The van der Waals surface area contributed by atoms with E-state index in [1.54, 1.807) is 0 Å². The van der Waals surface area contributed by atoms with Crippen LogP contribution in [0.15, 0.2) is 0 Å². The van der Waals surface area contributed by atoms with Crippen molar-refractivity contribution >= 4 is 10.1 Å². The van der Waals surface area contributed by atoms with Crippen LogP contribution < -0.4 is 51.4 Å². The first kappa shape index (κ1) is 26.7. The first-order chi connectivity index (χ1) is 10.4. The summed E-state index contributed by atoms with van der Waals surface area (Å²) in [4.78, 5) is 0. The molecule has 0 aliphatic rings. The van der Waals surface area contributed by atoms with Gasteiger partial charge in [0.2, 0.25) is 0 Å². The third-order valence-corrected chi connectivity index (χ3v) is 5.54. The predicted octanol–water partition coefficient (Wildman–Crippen LogP) is 1.38. The molecule has 0 aliphatic carbocycles. The number of hydrogen-bond donors (Lipinski definition) is 1. The Kier molecular flexibility index (Phi) is 19.7. The average molecular weight is 375 g/mol. The minimum Gasteiger partial charge on any atom is -0.748 e. The van der Waals surface area contributed by atoms with Gasteiger partial charge in [-0.2, -0.15) is 0 Å². The standard InChI is InChI=1S/C17H36O4S.K/c1-3-5-7-8-9-11-13-17(22(19,20)21)15-14-16(18)12-10-6-4-2;/h16-18H,3-15H2,1-2H3,(H,19,20,21);/q;+1/p-1. The topological polar surface area (TPSA) is 77.4 Å². The molecule has 0 saturated heterocycles. The largest absolute Gasteiger partial charge is 1.00 e. The number of unbranched alkanes of at least 4 members (excludes halogenated alkanes) is 7. The smallest absolute Gasteiger partial charge is 0.748 e. The third kappa shape index (κ3) is 16.7. The van der Waals surface area contributed by atoms with Crippen molar-refractivity contribution in [1.82, 2.24) is 0 Å². The summed E-state index contributed by atoms with van der Waals surface area (Å²) in [6, 6.07) is 0. The molecular formula is C17H35KO4S. The predicted molar refractivity (Wildman–Crippen MR) is 90.9 cm³/mol. The second-order valence-electron chi connectivity index (χ2n) is 6.40. The Morgan fingerprint density at radius 1 is 0.783 bits per heavy atom. The van der Waals surface area contributed by atoms with E-state index in [0.717, 1.165) is 38.5 Å². The molecule has 0 aromatic heterocycles. The van der Waals surface area contributed by atoms with Gasteiger partial charge in [0.1, 0.15) is 0 Å². The Bertz CT molecular complexity index is 347. The van der Waals surface area contributed by atoms with Crippen molar-refractivity contribution in [3.05, 3.63) is 0 Å². The zero-order chi connectivity index (χ0) is 16.8. The molecule has 23 heavy (non-hydrogen) atoms. The molecule has 0 heterocycles. The zero-order valence-electron chi connectivity index (χ0n) is 15.4. The van der Waals surface area contributed by atoms with Crippen LogP contribution in [0.1, 0.15) is 97.3 Å². The van der Waals surface area contributed by atoms with Crippen LogP contribution in [-0.2, 0) is 10.1 Å². The molecule has 2 atom stereocenters. The minimum atomic E-state index is -4.24. The van der Waals surface area contributed by atoms with Gasteiger partial charge in [-0.15, -0.1) is 0 Å². The summed E-state index contributed by atoms with van der Waals surface area (Å²) in [7, 11) is -4.24. The van der Waals surface area contributed by atoms with Gasteiger partial charge in [0.15, 0.2) is 0 Å². The monoisotopic (exact) mass is 374 g/mol. The first-order valence-corrected chi connectivity index (χ1v) is 10.5. The summed E-state index contributed by atoms with van der Waals surface area (Å²) >= 11 is 0. The maximum atomic E-state index is 11.3. The average Bonchev–Trinajstić information content (AvgIpc) is 2.44. The number of aliphatic hydroxyl groups is 1. The van der Waals surface area contributed by atoms with Crippen LogP contribution in [0.3, 0.4) is 0 Å². The van der Waals surface area contributed by atoms with Gasteiger partial charge in [0.25, 0.3) is 0 Å². The Hall–Kier alpha value is 1.51. The molecule has 0 radical (unpaired) electrons. The van der Waals surface area contributed by atoms with Crippen molar-refractivity contribution in [2.24, 2.45) is 0 Å². The van der Waals surface area contributed by atoms with Crippen molar-refractivity contribution in [3.8, 4) is 0 Å². The summed E-state index contributed by atoms with van der Waals surface area (Å²) in [6.45, 7) is 4.26. The number of aliphatic hydroxyl groups excluding tert-OH is 1. The molecule has 0 aliphatic heterocycles. The molecule has 0 aromatic rings. The number of rotatable bonds is 15. The van der Waals surface area contributed by atoms with E-state index in [4.69, 9.17) is 0 Å². The fourth-order valence-electron chi connectivity index (χ4n) is 2.74. The quantitative estimate of drug-likeness (QED) is 0.267. The molecule has 0 fully saturated rings. The third-order valence-electron chi connectivity index (χ3n) is 4.25. The molecule has 2 unspecified atom stereocenters. The van der Waals surface area contributed by atoms with Crippen molar-refractivity contribution in [3.63, 3.8) is 0 Å². The normalized spacial score (nSPS) is 14.3. The fourth-order valence-corrected chi connectivity index (χ4v) is 3.62. The maximum absolute atomic E-state index is 11.3. The van der Waals surface area contributed by atoms with Gasteiger partial charge in [0, 0.05) is 5.25 Å². The molecular weight excluding hydrogens is 339 g/mol. The van der Waals surface area contributed by atoms with E-state index in [9.17, 15) is 18.1 Å². The molecule has 0 bridgehead atoms. The fraction of sp³-hybridized carbons (Fsp3) is 1.00. The summed E-state index contributed by atoms with van der Waals surface area (Å²) in [5.41, 5.74) is 0. The first-order valence-electron chi connectivity index (χ1n) is 9.04. The molecule has 0 rings (SSSR count). The molecule has 0 aromatic carbocycles. The second kappa shape index (κ2) is 16.9. The van der Waals surface area contributed by atoms with Gasteiger partial charge < -0.3 is 9.66 Å². The van der Waals surface area contributed by atoms with Crippen molar-refractivity contribution in [2.45, 2.75) is 109 Å². The molecule has 6 heteroatoms. The summed E-state index contributed by atoms with van der Waals surface area (Å²) < 4.78 is 34.0. The molecule has 0 spiro atoms. The van der Waals surface area contributed by atoms with E-state index < -0.39 is 21.5 Å². The van der Waals surface area contributed by atoms with Crippen LogP contribution in [0.5, 0.6) is 0 Å². The summed E-state index contributed by atoms with van der Waals surface area (Å²) in [5, 5.41) is 9.04. The summed E-state index contributed by atoms with van der Waals surface area (Å²) in [6.07, 6.45) is 11.0.